The van der Waals surface area contributed by atoms with E-state index in [1.54, 1.807) is 55.6 Å². The highest BCUT2D eigenvalue weighted by Gasteiger charge is 2.07. The first-order valence-corrected chi connectivity index (χ1v) is 9.27. The second-order valence-corrected chi connectivity index (χ2v) is 6.25. The van der Waals surface area contributed by atoms with Gasteiger partial charge in [-0.2, -0.15) is 0 Å². The molecule has 0 atom stereocenters. The Hall–Kier alpha value is -3.35. The van der Waals surface area contributed by atoms with Crippen LogP contribution in [0.25, 0.3) is 0 Å². The van der Waals surface area contributed by atoms with Crippen LogP contribution in [0.5, 0.6) is 0 Å². The molecular weight excluding hydrogens is 356 g/mol. The Balaban J connectivity index is 1.81. The summed E-state index contributed by atoms with van der Waals surface area (Å²) < 4.78 is 0. The molecule has 0 fully saturated rings. The summed E-state index contributed by atoms with van der Waals surface area (Å²) in [6, 6.07) is 13.6. The fourth-order valence-electron chi connectivity index (χ4n) is 2.46. The fourth-order valence-corrected chi connectivity index (χ4v) is 2.46. The van der Waals surface area contributed by atoms with Gasteiger partial charge in [0.05, 0.1) is 6.54 Å². The van der Waals surface area contributed by atoms with Crippen LogP contribution >= 0.6 is 0 Å². The largest absolute Gasteiger partial charge is 0.376 e. The lowest BCUT2D eigenvalue weighted by molar-refractivity contribution is -0.114. The fraction of sp³-hybridized carbons (Fsp3) is 0.286. The maximum Gasteiger partial charge on any atom is 0.251 e. The van der Waals surface area contributed by atoms with Crippen molar-refractivity contribution in [3.8, 4) is 0 Å². The van der Waals surface area contributed by atoms with Crippen molar-refractivity contribution < 1.29 is 14.4 Å². The van der Waals surface area contributed by atoms with Gasteiger partial charge in [-0.25, -0.2) is 0 Å². The van der Waals surface area contributed by atoms with Crippen molar-refractivity contribution in [3.05, 3.63) is 59.7 Å². The van der Waals surface area contributed by atoms with E-state index in [0.717, 1.165) is 18.5 Å². The molecule has 4 N–H and O–H groups in total. The van der Waals surface area contributed by atoms with E-state index >= 15 is 0 Å². The van der Waals surface area contributed by atoms with E-state index in [2.05, 4.69) is 28.2 Å². The number of nitrogens with one attached hydrogen (secondary N) is 4. The van der Waals surface area contributed by atoms with Gasteiger partial charge in [0.25, 0.3) is 11.8 Å². The number of anilines is 2. The minimum Gasteiger partial charge on any atom is -0.376 e. The van der Waals surface area contributed by atoms with Gasteiger partial charge < -0.3 is 21.3 Å². The first-order valence-electron chi connectivity index (χ1n) is 9.27. The van der Waals surface area contributed by atoms with Crippen molar-refractivity contribution >= 4 is 29.1 Å². The lowest BCUT2D eigenvalue weighted by Gasteiger charge is -2.09. The van der Waals surface area contributed by atoms with E-state index in [0.29, 0.717) is 23.4 Å². The molecule has 7 nitrogen and oxygen atoms in total. The number of amides is 3. The Morgan fingerprint density at radius 2 is 1.39 bits per heavy atom. The average Bonchev–Trinajstić information content (AvgIpc) is 2.72. The molecule has 0 heterocycles. The molecule has 0 unspecified atom stereocenters. The highest BCUT2D eigenvalue weighted by atomic mass is 16.2. The molecule has 0 aromatic heterocycles. The molecule has 0 saturated heterocycles. The van der Waals surface area contributed by atoms with Crippen LogP contribution in [0.4, 0.5) is 11.4 Å². The molecule has 2 aromatic carbocycles. The van der Waals surface area contributed by atoms with Crippen molar-refractivity contribution in [2.75, 3.05) is 30.8 Å². The second kappa shape index (κ2) is 10.7. The highest BCUT2D eigenvalue weighted by Crippen LogP contribution is 2.11. The molecule has 3 amide bonds. The van der Waals surface area contributed by atoms with Crippen LogP contribution in [-0.4, -0.2) is 37.9 Å². The topological polar surface area (TPSA) is 99.3 Å². The highest BCUT2D eigenvalue weighted by molar-refractivity contribution is 5.97. The molecule has 0 aliphatic carbocycles. The molecule has 0 aliphatic heterocycles. The summed E-state index contributed by atoms with van der Waals surface area (Å²) in [5.74, 6) is -0.490. The summed E-state index contributed by atoms with van der Waals surface area (Å²) in [5, 5.41) is 11.2. The van der Waals surface area contributed by atoms with Gasteiger partial charge in [0.15, 0.2) is 0 Å². The summed E-state index contributed by atoms with van der Waals surface area (Å²) in [5.41, 5.74) is 2.47. The Labute approximate surface area is 164 Å². The summed E-state index contributed by atoms with van der Waals surface area (Å²) in [7, 11) is 1.57. The summed E-state index contributed by atoms with van der Waals surface area (Å²) >= 11 is 0. The third-order valence-electron chi connectivity index (χ3n) is 4.07. The van der Waals surface area contributed by atoms with Gasteiger partial charge in [0, 0.05) is 36.1 Å². The normalized spacial score (nSPS) is 10.1. The maximum atomic E-state index is 12.1. The van der Waals surface area contributed by atoms with E-state index in [1.165, 1.54) is 0 Å². The number of hydrogen-bond donors (Lipinski definition) is 4. The standard InChI is InChI=1S/C21H26N4O3/c1-3-4-13-23-21(28)16-7-11-18(12-8-16)25-19(26)14-24-17-9-5-15(6-10-17)20(27)22-2/h5-12,24H,3-4,13-14H2,1-2H3,(H,22,27)(H,23,28)(H,25,26). The van der Waals surface area contributed by atoms with Crippen LogP contribution in [0.15, 0.2) is 48.5 Å². The van der Waals surface area contributed by atoms with E-state index in [9.17, 15) is 14.4 Å². The number of unbranched alkanes of at least 4 members (excludes halogenated alkanes) is 1. The third kappa shape index (κ3) is 6.42. The zero-order valence-electron chi connectivity index (χ0n) is 16.2. The molecule has 0 bridgehead atoms. The quantitative estimate of drug-likeness (QED) is 0.501. The summed E-state index contributed by atoms with van der Waals surface area (Å²) in [4.78, 5) is 35.6. The van der Waals surface area contributed by atoms with Gasteiger partial charge >= 0.3 is 0 Å². The predicted octanol–water partition coefficient (Wildman–Crippen LogP) is 2.63. The minimum absolute atomic E-state index is 0.0819. The van der Waals surface area contributed by atoms with Crippen LogP contribution < -0.4 is 21.3 Å². The molecule has 0 aliphatic rings. The lowest BCUT2D eigenvalue weighted by atomic mass is 10.2. The zero-order chi connectivity index (χ0) is 20.4. The average molecular weight is 382 g/mol. The van der Waals surface area contributed by atoms with Crippen LogP contribution in [-0.2, 0) is 4.79 Å². The SMILES string of the molecule is CCCCNC(=O)c1ccc(NC(=O)CNc2ccc(C(=O)NC)cc2)cc1. The number of carbonyl (C=O) groups is 3. The molecule has 2 rings (SSSR count). The Bertz CT molecular complexity index is 801. The zero-order valence-corrected chi connectivity index (χ0v) is 16.2. The first kappa shape index (κ1) is 21.0. The number of rotatable bonds is 9. The Morgan fingerprint density at radius 1 is 0.821 bits per heavy atom. The van der Waals surface area contributed by atoms with Gasteiger partial charge in [0.1, 0.15) is 0 Å². The number of hydrogen-bond acceptors (Lipinski definition) is 4. The van der Waals surface area contributed by atoms with Crippen LogP contribution in [0.1, 0.15) is 40.5 Å². The summed E-state index contributed by atoms with van der Waals surface area (Å²) in [6.07, 6.45) is 1.97. The van der Waals surface area contributed by atoms with Crippen molar-refractivity contribution in [1.29, 1.82) is 0 Å². The molecular formula is C21H26N4O3. The van der Waals surface area contributed by atoms with E-state index in [-0.39, 0.29) is 24.3 Å². The van der Waals surface area contributed by atoms with Crippen molar-refractivity contribution in [2.45, 2.75) is 19.8 Å². The molecule has 28 heavy (non-hydrogen) atoms. The van der Waals surface area contributed by atoms with Crippen molar-refractivity contribution in [3.63, 3.8) is 0 Å². The second-order valence-electron chi connectivity index (χ2n) is 6.25. The predicted molar refractivity (Wildman–Crippen MR) is 111 cm³/mol. The minimum atomic E-state index is -0.212. The molecule has 148 valence electrons. The van der Waals surface area contributed by atoms with Crippen molar-refractivity contribution in [2.24, 2.45) is 0 Å². The molecule has 0 radical (unpaired) electrons. The monoisotopic (exact) mass is 382 g/mol. The van der Waals surface area contributed by atoms with Gasteiger partial charge in [-0.05, 0) is 55.0 Å². The van der Waals surface area contributed by atoms with E-state index in [4.69, 9.17) is 0 Å². The van der Waals surface area contributed by atoms with E-state index < -0.39 is 0 Å². The van der Waals surface area contributed by atoms with Crippen LogP contribution in [0.2, 0.25) is 0 Å². The Morgan fingerprint density at radius 3 is 1.96 bits per heavy atom. The van der Waals surface area contributed by atoms with Crippen LogP contribution in [0.3, 0.4) is 0 Å². The van der Waals surface area contributed by atoms with Gasteiger partial charge in [-0.1, -0.05) is 13.3 Å². The molecule has 2 aromatic rings. The lowest BCUT2D eigenvalue weighted by Crippen LogP contribution is -2.24. The van der Waals surface area contributed by atoms with Crippen molar-refractivity contribution in [1.82, 2.24) is 10.6 Å². The van der Waals surface area contributed by atoms with Gasteiger partial charge in [-0.15, -0.1) is 0 Å². The molecule has 7 heteroatoms. The third-order valence-corrected chi connectivity index (χ3v) is 4.07. The maximum absolute atomic E-state index is 12.1. The first-order chi connectivity index (χ1) is 13.5. The molecule has 0 spiro atoms. The number of benzene rings is 2. The summed E-state index contributed by atoms with van der Waals surface area (Å²) in [6.45, 7) is 2.81. The number of carbonyl (C=O) groups excluding carboxylic acids is 3. The van der Waals surface area contributed by atoms with Gasteiger partial charge in [-0.3, -0.25) is 14.4 Å². The Kier molecular flexibility index (Phi) is 8.02. The smallest absolute Gasteiger partial charge is 0.251 e. The van der Waals surface area contributed by atoms with Crippen LogP contribution in [0, 0.1) is 0 Å². The van der Waals surface area contributed by atoms with Gasteiger partial charge in [0.2, 0.25) is 5.91 Å². The van der Waals surface area contributed by atoms with E-state index in [1.807, 2.05) is 0 Å². The molecule has 0 saturated carbocycles.